The highest BCUT2D eigenvalue weighted by molar-refractivity contribution is 5.30. The summed E-state index contributed by atoms with van der Waals surface area (Å²) in [5.74, 6) is 0.0189. The van der Waals surface area contributed by atoms with Crippen LogP contribution in [-0.4, -0.2) is 24.9 Å². The van der Waals surface area contributed by atoms with Gasteiger partial charge in [-0.25, -0.2) is 4.39 Å². The lowest BCUT2D eigenvalue weighted by atomic mass is 10.0. The van der Waals surface area contributed by atoms with Gasteiger partial charge in [0, 0.05) is 24.7 Å². The molecule has 1 aliphatic rings. The van der Waals surface area contributed by atoms with E-state index in [4.69, 9.17) is 9.47 Å². The quantitative estimate of drug-likeness (QED) is 0.878. The molecule has 0 amide bonds. The third-order valence-electron chi connectivity index (χ3n) is 3.08. The highest BCUT2D eigenvalue weighted by atomic mass is 19.1. The second-order valence-electron chi connectivity index (χ2n) is 4.27. The first-order chi connectivity index (χ1) is 8.20. The minimum absolute atomic E-state index is 0.0477. The maximum Gasteiger partial charge on any atom is 0.132 e. The Kier molecular flexibility index (Phi) is 3.97. The summed E-state index contributed by atoms with van der Waals surface area (Å²) in [5.41, 5.74) is 0.307. The molecule has 1 N–H and O–H groups in total. The largest absolute Gasteiger partial charge is 0.497 e. The number of hydrogen-bond donors (Lipinski definition) is 1. The SMILES string of the molecule is COc1ccc(C(O)CC2CCCO2)c(F)c1. The molecule has 2 atom stereocenters. The molecule has 17 heavy (non-hydrogen) atoms. The third kappa shape index (κ3) is 2.96. The van der Waals surface area contributed by atoms with Crippen molar-refractivity contribution in [3.05, 3.63) is 29.6 Å². The first kappa shape index (κ1) is 12.3. The lowest BCUT2D eigenvalue weighted by molar-refractivity contribution is 0.0522. The minimum atomic E-state index is -0.816. The number of benzene rings is 1. The van der Waals surface area contributed by atoms with Gasteiger partial charge in [0.25, 0.3) is 0 Å². The molecule has 1 aromatic rings. The number of halogens is 1. The summed E-state index contributed by atoms with van der Waals surface area (Å²) in [4.78, 5) is 0. The van der Waals surface area contributed by atoms with Crippen LogP contribution in [0.5, 0.6) is 5.75 Å². The van der Waals surface area contributed by atoms with Crippen LogP contribution in [0.3, 0.4) is 0 Å². The maximum absolute atomic E-state index is 13.7. The summed E-state index contributed by atoms with van der Waals surface area (Å²) >= 11 is 0. The van der Waals surface area contributed by atoms with Gasteiger partial charge in [0.05, 0.1) is 19.3 Å². The van der Waals surface area contributed by atoms with Crippen LogP contribution in [0.25, 0.3) is 0 Å². The summed E-state index contributed by atoms with van der Waals surface area (Å²) in [6.07, 6.45) is 1.64. The van der Waals surface area contributed by atoms with Gasteiger partial charge < -0.3 is 14.6 Å². The van der Waals surface area contributed by atoms with Crippen molar-refractivity contribution in [3.63, 3.8) is 0 Å². The van der Waals surface area contributed by atoms with E-state index < -0.39 is 11.9 Å². The van der Waals surface area contributed by atoms with E-state index in [1.165, 1.54) is 13.2 Å². The van der Waals surface area contributed by atoms with E-state index in [0.717, 1.165) is 19.4 Å². The second-order valence-corrected chi connectivity index (χ2v) is 4.27. The van der Waals surface area contributed by atoms with Crippen LogP contribution in [-0.2, 0) is 4.74 Å². The Morgan fingerprint density at radius 2 is 2.41 bits per heavy atom. The van der Waals surface area contributed by atoms with Crippen LogP contribution in [0.15, 0.2) is 18.2 Å². The molecule has 1 aromatic carbocycles. The number of aliphatic hydroxyl groups is 1. The molecule has 2 unspecified atom stereocenters. The second kappa shape index (κ2) is 5.47. The highest BCUT2D eigenvalue weighted by Gasteiger charge is 2.22. The molecule has 4 heteroatoms. The van der Waals surface area contributed by atoms with Crippen LogP contribution in [0.2, 0.25) is 0 Å². The van der Waals surface area contributed by atoms with Crippen LogP contribution in [0.1, 0.15) is 30.9 Å². The fourth-order valence-electron chi connectivity index (χ4n) is 2.11. The highest BCUT2D eigenvalue weighted by Crippen LogP contribution is 2.28. The fraction of sp³-hybridized carbons (Fsp3) is 0.538. The van der Waals surface area contributed by atoms with Crippen LogP contribution in [0.4, 0.5) is 4.39 Å². The molecule has 0 spiro atoms. The van der Waals surface area contributed by atoms with Crippen molar-refractivity contribution in [1.82, 2.24) is 0 Å². The van der Waals surface area contributed by atoms with Gasteiger partial charge in [-0.05, 0) is 25.0 Å². The van der Waals surface area contributed by atoms with Crippen molar-refractivity contribution in [2.24, 2.45) is 0 Å². The summed E-state index contributed by atoms with van der Waals surface area (Å²) in [7, 11) is 1.48. The van der Waals surface area contributed by atoms with Crippen molar-refractivity contribution in [1.29, 1.82) is 0 Å². The molecule has 0 bridgehead atoms. The lowest BCUT2D eigenvalue weighted by Crippen LogP contribution is -2.12. The van der Waals surface area contributed by atoms with E-state index in [1.54, 1.807) is 12.1 Å². The van der Waals surface area contributed by atoms with Gasteiger partial charge in [-0.3, -0.25) is 0 Å². The maximum atomic E-state index is 13.7. The van der Waals surface area contributed by atoms with Gasteiger partial charge in [0.2, 0.25) is 0 Å². The minimum Gasteiger partial charge on any atom is -0.497 e. The van der Waals surface area contributed by atoms with Gasteiger partial charge >= 0.3 is 0 Å². The van der Waals surface area contributed by atoms with E-state index in [-0.39, 0.29) is 6.10 Å². The normalized spacial score (nSPS) is 21.5. The van der Waals surface area contributed by atoms with Crippen molar-refractivity contribution >= 4 is 0 Å². The number of methoxy groups -OCH3 is 1. The van der Waals surface area contributed by atoms with Crippen LogP contribution >= 0.6 is 0 Å². The van der Waals surface area contributed by atoms with Gasteiger partial charge in [-0.15, -0.1) is 0 Å². The van der Waals surface area contributed by atoms with Crippen molar-refractivity contribution < 1.29 is 19.0 Å². The predicted octanol–water partition coefficient (Wildman–Crippen LogP) is 2.44. The molecule has 3 nitrogen and oxygen atoms in total. The summed E-state index contributed by atoms with van der Waals surface area (Å²) < 4.78 is 24.0. The van der Waals surface area contributed by atoms with Crippen molar-refractivity contribution in [2.75, 3.05) is 13.7 Å². The molecule has 2 rings (SSSR count). The fourth-order valence-corrected chi connectivity index (χ4v) is 2.11. The predicted molar refractivity (Wildman–Crippen MR) is 61.5 cm³/mol. The Labute approximate surface area is 100 Å². The third-order valence-corrected chi connectivity index (χ3v) is 3.08. The van der Waals surface area contributed by atoms with Gasteiger partial charge in [0.1, 0.15) is 11.6 Å². The molecule has 1 saturated heterocycles. The molecule has 0 aliphatic carbocycles. The molecule has 0 radical (unpaired) electrons. The Morgan fingerprint density at radius 3 is 3.00 bits per heavy atom. The average Bonchev–Trinajstić information content (AvgIpc) is 2.81. The molecular formula is C13H17FO3. The lowest BCUT2D eigenvalue weighted by Gasteiger charge is -2.16. The molecule has 1 aliphatic heterocycles. The van der Waals surface area contributed by atoms with E-state index in [0.29, 0.717) is 17.7 Å². The van der Waals surface area contributed by atoms with Crippen LogP contribution in [0, 0.1) is 5.82 Å². The summed E-state index contributed by atoms with van der Waals surface area (Å²) in [6, 6.07) is 4.50. The molecular weight excluding hydrogens is 223 g/mol. The number of aliphatic hydroxyl groups excluding tert-OH is 1. The number of rotatable bonds is 4. The molecule has 1 fully saturated rings. The van der Waals surface area contributed by atoms with Crippen LogP contribution < -0.4 is 4.74 Å². The number of hydrogen-bond acceptors (Lipinski definition) is 3. The smallest absolute Gasteiger partial charge is 0.132 e. The molecule has 0 aromatic heterocycles. The topological polar surface area (TPSA) is 38.7 Å². The van der Waals surface area contributed by atoms with Gasteiger partial charge in [-0.1, -0.05) is 0 Å². The van der Waals surface area contributed by atoms with E-state index in [9.17, 15) is 9.50 Å². The molecule has 1 heterocycles. The Morgan fingerprint density at radius 1 is 1.59 bits per heavy atom. The Hall–Kier alpha value is -1.13. The zero-order chi connectivity index (χ0) is 12.3. The van der Waals surface area contributed by atoms with Gasteiger partial charge in [-0.2, -0.15) is 0 Å². The molecule has 94 valence electrons. The van der Waals surface area contributed by atoms with Crippen molar-refractivity contribution in [2.45, 2.75) is 31.5 Å². The Bertz CT molecular complexity index is 375. The van der Waals surface area contributed by atoms with E-state index in [2.05, 4.69) is 0 Å². The monoisotopic (exact) mass is 240 g/mol. The zero-order valence-electron chi connectivity index (χ0n) is 9.86. The van der Waals surface area contributed by atoms with E-state index in [1.807, 2.05) is 0 Å². The molecule has 0 saturated carbocycles. The van der Waals surface area contributed by atoms with E-state index >= 15 is 0 Å². The zero-order valence-corrected chi connectivity index (χ0v) is 9.86. The first-order valence-corrected chi connectivity index (χ1v) is 5.84. The Balaban J connectivity index is 2.04. The van der Waals surface area contributed by atoms with Crippen molar-refractivity contribution in [3.8, 4) is 5.75 Å². The summed E-state index contributed by atoms with van der Waals surface area (Å²) in [6.45, 7) is 0.739. The van der Waals surface area contributed by atoms with Gasteiger partial charge in [0.15, 0.2) is 0 Å². The number of ether oxygens (including phenoxy) is 2. The standard InChI is InChI=1S/C13H17FO3/c1-16-9-4-5-11(12(14)7-9)13(15)8-10-3-2-6-17-10/h4-5,7,10,13,15H,2-3,6,8H2,1H3. The first-order valence-electron chi connectivity index (χ1n) is 5.84. The average molecular weight is 240 g/mol. The summed E-state index contributed by atoms with van der Waals surface area (Å²) in [5, 5.41) is 9.96.